The minimum atomic E-state index is 0. The van der Waals surface area contributed by atoms with E-state index in [4.69, 9.17) is 9.47 Å². The van der Waals surface area contributed by atoms with Crippen LogP contribution in [0.1, 0.15) is 11.5 Å². The molecule has 0 amide bonds. The van der Waals surface area contributed by atoms with Gasteiger partial charge in [-0.05, 0) is 17.7 Å². The average molecular weight is 228 g/mol. The predicted molar refractivity (Wildman–Crippen MR) is 60.3 cm³/mol. The van der Waals surface area contributed by atoms with Crippen molar-refractivity contribution in [3.05, 3.63) is 23.8 Å². The van der Waals surface area contributed by atoms with Crippen LogP contribution in [0.25, 0.3) is 0 Å². The largest absolute Gasteiger partial charge is 0.486 e. The fraction of sp³-hybridized carbons (Fsp3) is 0.455. The maximum atomic E-state index is 5.54. The third-order valence-corrected chi connectivity index (χ3v) is 2.82. The maximum Gasteiger partial charge on any atom is 0.161 e. The molecule has 0 unspecified atom stereocenters. The number of nitrogens with one attached hydrogen (secondary N) is 1. The highest BCUT2D eigenvalue weighted by Crippen LogP contribution is 2.33. The summed E-state index contributed by atoms with van der Waals surface area (Å²) >= 11 is 0. The molecule has 0 saturated carbocycles. The van der Waals surface area contributed by atoms with Crippen molar-refractivity contribution in [3.8, 4) is 11.5 Å². The number of hydrogen-bond acceptors (Lipinski definition) is 3. The van der Waals surface area contributed by atoms with Crippen LogP contribution < -0.4 is 14.8 Å². The molecular weight excluding hydrogens is 214 g/mol. The first-order chi connectivity index (χ1) is 6.93. The van der Waals surface area contributed by atoms with Gasteiger partial charge in [-0.3, -0.25) is 0 Å². The second-order valence-corrected chi connectivity index (χ2v) is 3.76. The van der Waals surface area contributed by atoms with E-state index in [-0.39, 0.29) is 12.4 Å². The van der Waals surface area contributed by atoms with E-state index in [0.717, 1.165) is 24.6 Å². The lowest BCUT2D eigenvalue weighted by atomic mass is 9.93. The summed E-state index contributed by atoms with van der Waals surface area (Å²) in [6, 6.07) is 6.27. The van der Waals surface area contributed by atoms with Gasteiger partial charge < -0.3 is 14.8 Å². The van der Waals surface area contributed by atoms with Gasteiger partial charge in [0.2, 0.25) is 0 Å². The first kappa shape index (κ1) is 10.6. The Hall–Kier alpha value is -0.930. The van der Waals surface area contributed by atoms with Crippen LogP contribution in [-0.4, -0.2) is 26.3 Å². The van der Waals surface area contributed by atoms with Gasteiger partial charge in [0, 0.05) is 19.0 Å². The number of halogens is 1. The Morgan fingerprint density at radius 2 is 1.80 bits per heavy atom. The van der Waals surface area contributed by atoms with Crippen LogP contribution in [-0.2, 0) is 0 Å². The second-order valence-electron chi connectivity index (χ2n) is 3.76. The van der Waals surface area contributed by atoms with E-state index in [2.05, 4.69) is 17.4 Å². The number of fused-ring (bicyclic) bond motifs is 1. The van der Waals surface area contributed by atoms with Gasteiger partial charge in [-0.15, -0.1) is 12.4 Å². The average Bonchev–Trinajstić information content (AvgIpc) is 2.15. The molecule has 0 aromatic heterocycles. The van der Waals surface area contributed by atoms with Gasteiger partial charge in [0.25, 0.3) is 0 Å². The van der Waals surface area contributed by atoms with Crippen LogP contribution in [0.15, 0.2) is 18.2 Å². The Balaban J connectivity index is 0.000000853. The summed E-state index contributed by atoms with van der Waals surface area (Å²) in [5, 5.41) is 3.27. The van der Waals surface area contributed by atoms with E-state index in [1.165, 1.54) is 5.56 Å². The third-order valence-electron chi connectivity index (χ3n) is 2.82. The topological polar surface area (TPSA) is 30.5 Å². The van der Waals surface area contributed by atoms with E-state index in [9.17, 15) is 0 Å². The molecule has 0 bridgehead atoms. The zero-order valence-electron chi connectivity index (χ0n) is 8.36. The van der Waals surface area contributed by atoms with Crippen molar-refractivity contribution in [3.63, 3.8) is 0 Å². The molecule has 1 fully saturated rings. The zero-order valence-corrected chi connectivity index (χ0v) is 9.18. The monoisotopic (exact) mass is 227 g/mol. The first-order valence-electron chi connectivity index (χ1n) is 5.04. The summed E-state index contributed by atoms with van der Waals surface area (Å²) in [5.41, 5.74) is 1.35. The van der Waals surface area contributed by atoms with Crippen molar-refractivity contribution in [2.45, 2.75) is 5.92 Å². The van der Waals surface area contributed by atoms with Gasteiger partial charge in [0.1, 0.15) is 13.2 Å². The van der Waals surface area contributed by atoms with Crippen LogP contribution in [0.2, 0.25) is 0 Å². The highest BCUT2D eigenvalue weighted by Gasteiger charge is 2.21. The predicted octanol–water partition coefficient (Wildman–Crippen LogP) is 1.57. The quantitative estimate of drug-likeness (QED) is 0.790. The molecule has 1 N–H and O–H groups in total. The van der Waals surface area contributed by atoms with Crippen LogP contribution in [0.5, 0.6) is 11.5 Å². The van der Waals surface area contributed by atoms with E-state index in [1.54, 1.807) is 0 Å². The van der Waals surface area contributed by atoms with Gasteiger partial charge in [-0.2, -0.15) is 0 Å². The molecule has 3 rings (SSSR count). The van der Waals surface area contributed by atoms with Crippen LogP contribution in [0.4, 0.5) is 0 Å². The van der Waals surface area contributed by atoms with E-state index >= 15 is 0 Å². The maximum absolute atomic E-state index is 5.54. The summed E-state index contributed by atoms with van der Waals surface area (Å²) in [7, 11) is 0. The van der Waals surface area contributed by atoms with Crippen LogP contribution in [0.3, 0.4) is 0 Å². The highest BCUT2D eigenvalue weighted by atomic mass is 35.5. The van der Waals surface area contributed by atoms with E-state index in [1.807, 2.05) is 6.07 Å². The number of benzene rings is 1. The number of rotatable bonds is 1. The molecule has 2 aliphatic heterocycles. The SMILES string of the molecule is Cl.c1cc2c(cc1C1CNC1)OCCO2. The smallest absolute Gasteiger partial charge is 0.161 e. The Morgan fingerprint density at radius 1 is 1.07 bits per heavy atom. The fourth-order valence-electron chi connectivity index (χ4n) is 1.84. The molecule has 0 aliphatic carbocycles. The van der Waals surface area contributed by atoms with Crippen molar-refractivity contribution < 1.29 is 9.47 Å². The summed E-state index contributed by atoms with van der Waals surface area (Å²) in [5.74, 6) is 2.44. The number of ether oxygens (including phenoxy) is 2. The number of hydrogen-bond donors (Lipinski definition) is 1. The zero-order chi connectivity index (χ0) is 9.38. The molecule has 1 saturated heterocycles. The molecule has 2 aliphatic rings. The first-order valence-corrected chi connectivity index (χ1v) is 5.04. The van der Waals surface area contributed by atoms with Gasteiger partial charge in [0.15, 0.2) is 11.5 Å². The molecule has 4 heteroatoms. The van der Waals surface area contributed by atoms with Gasteiger partial charge in [0.05, 0.1) is 0 Å². The van der Waals surface area contributed by atoms with Crippen molar-refractivity contribution in [2.75, 3.05) is 26.3 Å². The second kappa shape index (κ2) is 4.29. The van der Waals surface area contributed by atoms with Crippen LogP contribution in [0, 0.1) is 0 Å². The summed E-state index contributed by atoms with van der Waals surface area (Å²) in [6.45, 7) is 3.50. The minimum absolute atomic E-state index is 0. The van der Waals surface area contributed by atoms with Crippen molar-refractivity contribution in [1.29, 1.82) is 0 Å². The van der Waals surface area contributed by atoms with E-state index in [0.29, 0.717) is 19.1 Å². The molecule has 15 heavy (non-hydrogen) atoms. The summed E-state index contributed by atoms with van der Waals surface area (Å²) in [4.78, 5) is 0. The van der Waals surface area contributed by atoms with E-state index < -0.39 is 0 Å². The summed E-state index contributed by atoms with van der Waals surface area (Å²) < 4.78 is 11.0. The van der Waals surface area contributed by atoms with Crippen LogP contribution >= 0.6 is 12.4 Å². The standard InChI is InChI=1S/C11H13NO2.ClH/c1-2-10-11(14-4-3-13-10)5-8(1)9-6-12-7-9;/h1-2,5,9,12H,3-4,6-7H2;1H. The fourth-order valence-corrected chi connectivity index (χ4v) is 1.84. The molecule has 82 valence electrons. The Bertz CT molecular complexity index is 352. The Morgan fingerprint density at radius 3 is 2.47 bits per heavy atom. The lowest BCUT2D eigenvalue weighted by Crippen LogP contribution is -2.39. The summed E-state index contributed by atoms with van der Waals surface area (Å²) in [6.07, 6.45) is 0. The van der Waals surface area contributed by atoms with Crippen molar-refractivity contribution >= 4 is 12.4 Å². The lowest BCUT2D eigenvalue weighted by Gasteiger charge is -2.28. The molecule has 1 aromatic carbocycles. The van der Waals surface area contributed by atoms with Gasteiger partial charge in [-0.1, -0.05) is 6.07 Å². The molecule has 2 heterocycles. The molecule has 0 radical (unpaired) electrons. The van der Waals surface area contributed by atoms with Gasteiger partial charge >= 0.3 is 0 Å². The molecule has 0 atom stereocenters. The third kappa shape index (κ3) is 1.90. The molecule has 1 aromatic rings. The molecular formula is C11H14ClNO2. The van der Waals surface area contributed by atoms with Gasteiger partial charge in [-0.25, -0.2) is 0 Å². The van der Waals surface area contributed by atoms with Crippen molar-refractivity contribution in [2.24, 2.45) is 0 Å². The molecule has 3 nitrogen and oxygen atoms in total. The minimum Gasteiger partial charge on any atom is -0.486 e. The molecule has 0 spiro atoms. The lowest BCUT2D eigenvalue weighted by molar-refractivity contribution is 0.171. The van der Waals surface area contributed by atoms with Crippen molar-refractivity contribution in [1.82, 2.24) is 5.32 Å². The normalized spacial score (nSPS) is 18.9. The Labute approximate surface area is 95.2 Å². The highest BCUT2D eigenvalue weighted by molar-refractivity contribution is 5.85. The Kier molecular flexibility index (Phi) is 3.03.